The van der Waals surface area contributed by atoms with Gasteiger partial charge in [0.2, 0.25) is 0 Å². The SMILES string of the molecule is Cc1cccc(Cn2cnc3c(-c4ccccc4)csc3c2=O)c1. The van der Waals surface area contributed by atoms with E-state index in [0.29, 0.717) is 11.2 Å². The van der Waals surface area contributed by atoms with Gasteiger partial charge in [-0.15, -0.1) is 11.3 Å². The van der Waals surface area contributed by atoms with Crippen molar-refractivity contribution in [2.45, 2.75) is 13.5 Å². The Balaban J connectivity index is 1.78. The maximum atomic E-state index is 12.8. The topological polar surface area (TPSA) is 34.9 Å². The van der Waals surface area contributed by atoms with Crippen molar-refractivity contribution >= 4 is 21.6 Å². The van der Waals surface area contributed by atoms with Crippen LogP contribution in [0, 0.1) is 6.92 Å². The maximum Gasteiger partial charge on any atom is 0.271 e. The molecule has 0 spiro atoms. The predicted octanol–water partition coefficient (Wildman–Crippen LogP) is 4.48. The standard InChI is InChI=1S/C20H16N2OS/c1-14-6-5-7-15(10-14)11-22-13-21-18-17(12-24-19(18)20(22)23)16-8-3-2-4-9-16/h2-10,12-13H,11H2,1H3. The first kappa shape index (κ1) is 14.8. The van der Waals surface area contributed by atoms with Gasteiger partial charge in [0.25, 0.3) is 5.56 Å². The summed E-state index contributed by atoms with van der Waals surface area (Å²) in [5.74, 6) is 0. The van der Waals surface area contributed by atoms with E-state index in [-0.39, 0.29) is 5.56 Å². The van der Waals surface area contributed by atoms with Crippen molar-refractivity contribution < 1.29 is 0 Å². The van der Waals surface area contributed by atoms with Gasteiger partial charge in [-0.2, -0.15) is 0 Å². The third-order valence-electron chi connectivity index (χ3n) is 4.07. The van der Waals surface area contributed by atoms with Crippen LogP contribution in [0.5, 0.6) is 0 Å². The van der Waals surface area contributed by atoms with E-state index < -0.39 is 0 Å². The van der Waals surface area contributed by atoms with Gasteiger partial charge in [-0.3, -0.25) is 9.36 Å². The minimum atomic E-state index is 0.0219. The molecule has 118 valence electrons. The molecule has 0 saturated heterocycles. The molecule has 0 fully saturated rings. The van der Waals surface area contributed by atoms with Crippen molar-refractivity contribution in [3.63, 3.8) is 0 Å². The molecular weight excluding hydrogens is 316 g/mol. The Labute approximate surface area is 143 Å². The first-order valence-corrected chi connectivity index (χ1v) is 8.68. The molecule has 0 unspecified atom stereocenters. The molecule has 0 aliphatic carbocycles. The smallest absolute Gasteiger partial charge is 0.271 e. The Morgan fingerprint density at radius 3 is 2.71 bits per heavy atom. The van der Waals surface area contributed by atoms with Crippen LogP contribution >= 0.6 is 11.3 Å². The van der Waals surface area contributed by atoms with Crippen molar-refractivity contribution in [1.82, 2.24) is 9.55 Å². The lowest BCUT2D eigenvalue weighted by molar-refractivity contribution is 0.749. The molecule has 4 aromatic rings. The minimum absolute atomic E-state index is 0.0219. The minimum Gasteiger partial charge on any atom is -0.294 e. The van der Waals surface area contributed by atoms with E-state index in [1.807, 2.05) is 47.8 Å². The molecule has 0 radical (unpaired) electrons. The van der Waals surface area contributed by atoms with E-state index in [0.717, 1.165) is 22.2 Å². The summed E-state index contributed by atoms with van der Waals surface area (Å²) in [4.78, 5) is 17.4. The summed E-state index contributed by atoms with van der Waals surface area (Å²) in [5.41, 5.74) is 5.23. The van der Waals surface area contributed by atoms with E-state index in [1.54, 1.807) is 10.9 Å². The molecule has 4 heteroatoms. The summed E-state index contributed by atoms with van der Waals surface area (Å²) in [6, 6.07) is 18.3. The lowest BCUT2D eigenvalue weighted by Crippen LogP contribution is -2.20. The molecule has 2 heterocycles. The molecule has 0 aliphatic heterocycles. The van der Waals surface area contributed by atoms with E-state index >= 15 is 0 Å². The Morgan fingerprint density at radius 1 is 1.08 bits per heavy atom. The van der Waals surface area contributed by atoms with Gasteiger partial charge in [-0.1, -0.05) is 60.2 Å². The number of thiophene rings is 1. The monoisotopic (exact) mass is 332 g/mol. The van der Waals surface area contributed by atoms with E-state index in [1.165, 1.54) is 16.9 Å². The highest BCUT2D eigenvalue weighted by atomic mass is 32.1. The molecule has 2 aromatic carbocycles. The first-order valence-electron chi connectivity index (χ1n) is 7.80. The van der Waals surface area contributed by atoms with Crippen LogP contribution in [-0.4, -0.2) is 9.55 Å². The molecule has 0 saturated carbocycles. The molecule has 0 amide bonds. The fourth-order valence-corrected chi connectivity index (χ4v) is 3.86. The molecule has 0 N–H and O–H groups in total. The van der Waals surface area contributed by atoms with Crippen molar-refractivity contribution in [1.29, 1.82) is 0 Å². The Morgan fingerprint density at radius 2 is 1.92 bits per heavy atom. The lowest BCUT2D eigenvalue weighted by Gasteiger charge is -2.06. The molecular formula is C20H16N2OS. The van der Waals surface area contributed by atoms with Crippen molar-refractivity contribution in [3.05, 3.63) is 87.8 Å². The summed E-state index contributed by atoms with van der Waals surface area (Å²) < 4.78 is 2.39. The number of rotatable bonds is 3. The number of nitrogens with zero attached hydrogens (tertiary/aromatic N) is 2. The first-order chi connectivity index (χ1) is 11.7. The van der Waals surface area contributed by atoms with Crippen molar-refractivity contribution in [3.8, 4) is 11.1 Å². The maximum absolute atomic E-state index is 12.8. The van der Waals surface area contributed by atoms with Gasteiger partial charge >= 0.3 is 0 Å². The number of hydrogen-bond donors (Lipinski definition) is 0. The molecule has 4 rings (SSSR count). The van der Waals surface area contributed by atoms with E-state index in [2.05, 4.69) is 24.0 Å². The van der Waals surface area contributed by atoms with Crippen LogP contribution in [0.3, 0.4) is 0 Å². The molecule has 0 atom stereocenters. The highest BCUT2D eigenvalue weighted by Crippen LogP contribution is 2.30. The van der Waals surface area contributed by atoms with Crippen molar-refractivity contribution in [2.75, 3.05) is 0 Å². The van der Waals surface area contributed by atoms with E-state index in [4.69, 9.17) is 0 Å². The quantitative estimate of drug-likeness (QED) is 0.554. The van der Waals surface area contributed by atoms with Gasteiger partial charge in [0.05, 0.1) is 18.4 Å². The molecule has 0 aliphatic rings. The van der Waals surface area contributed by atoms with Gasteiger partial charge in [0.15, 0.2) is 0 Å². The fraction of sp³-hybridized carbons (Fsp3) is 0.100. The molecule has 2 aromatic heterocycles. The largest absolute Gasteiger partial charge is 0.294 e. The highest BCUT2D eigenvalue weighted by molar-refractivity contribution is 7.17. The lowest BCUT2D eigenvalue weighted by atomic mass is 10.1. The Kier molecular flexibility index (Phi) is 3.75. The predicted molar refractivity (Wildman–Crippen MR) is 99.6 cm³/mol. The van der Waals surface area contributed by atoms with Crippen LogP contribution in [0.2, 0.25) is 0 Å². The average molecular weight is 332 g/mol. The zero-order valence-electron chi connectivity index (χ0n) is 13.3. The summed E-state index contributed by atoms with van der Waals surface area (Å²) in [6.45, 7) is 2.60. The second-order valence-corrected chi connectivity index (χ2v) is 6.74. The van der Waals surface area contributed by atoms with Gasteiger partial charge in [-0.05, 0) is 18.1 Å². The van der Waals surface area contributed by atoms with Crippen LogP contribution in [0.1, 0.15) is 11.1 Å². The van der Waals surface area contributed by atoms with Crippen LogP contribution in [-0.2, 0) is 6.54 Å². The number of aromatic nitrogens is 2. The Hall–Kier alpha value is -2.72. The van der Waals surface area contributed by atoms with Gasteiger partial charge in [0, 0.05) is 10.9 Å². The zero-order valence-corrected chi connectivity index (χ0v) is 14.1. The fourth-order valence-electron chi connectivity index (χ4n) is 2.88. The third-order valence-corrected chi connectivity index (χ3v) is 5.02. The number of benzene rings is 2. The van der Waals surface area contributed by atoms with Crippen LogP contribution in [0.4, 0.5) is 0 Å². The van der Waals surface area contributed by atoms with Crippen LogP contribution in [0.25, 0.3) is 21.3 Å². The average Bonchev–Trinajstić information content (AvgIpc) is 3.03. The molecule has 3 nitrogen and oxygen atoms in total. The van der Waals surface area contributed by atoms with Crippen LogP contribution < -0.4 is 5.56 Å². The van der Waals surface area contributed by atoms with Gasteiger partial charge in [-0.25, -0.2) is 4.98 Å². The summed E-state index contributed by atoms with van der Waals surface area (Å²) in [6.07, 6.45) is 1.66. The van der Waals surface area contributed by atoms with Gasteiger partial charge < -0.3 is 0 Å². The normalized spacial score (nSPS) is 11.0. The second-order valence-electron chi connectivity index (χ2n) is 5.86. The Bertz CT molecular complexity index is 1060. The summed E-state index contributed by atoms with van der Waals surface area (Å²) in [7, 11) is 0. The number of hydrogen-bond acceptors (Lipinski definition) is 3. The number of aryl methyl sites for hydroxylation is 1. The molecule has 24 heavy (non-hydrogen) atoms. The number of fused-ring (bicyclic) bond motifs is 1. The zero-order chi connectivity index (χ0) is 16.5. The summed E-state index contributed by atoms with van der Waals surface area (Å²) in [5, 5.41) is 2.02. The second kappa shape index (κ2) is 6.06. The van der Waals surface area contributed by atoms with E-state index in [9.17, 15) is 4.79 Å². The summed E-state index contributed by atoms with van der Waals surface area (Å²) >= 11 is 1.47. The van der Waals surface area contributed by atoms with Crippen molar-refractivity contribution in [2.24, 2.45) is 0 Å². The van der Waals surface area contributed by atoms with Crippen LogP contribution in [0.15, 0.2) is 71.1 Å². The highest BCUT2D eigenvalue weighted by Gasteiger charge is 2.12. The third kappa shape index (κ3) is 2.65. The van der Waals surface area contributed by atoms with Gasteiger partial charge in [0.1, 0.15) is 4.70 Å². The molecule has 0 bridgehead atoms.